The quantitative estimate of drug-likeness (QED) is 0.750. The molecule has 1 atom stereocenters. The Morgan fingerprint density at radius 1 is 1.40 bits per heavy atom. The SMILES string of the molecule is CCC(C(N)=S)N(CC(F)(F)F)C(C)C. The largest absolute Gasteiger partial charge is 0.401 e. The van der Waals surface area contributed by atoms with Gasteiger partial charge in [0.15, 0.2) is 0 Å². The van der Waals surface area contributed by atoms with E-state index in [1.165, 1.54) is 4.90 Å². The van der Waals surface area contributed by atoms with E-state index in [0.717, 1.165) is 0 Å². The summed E-state index contributed by atoms with van der Waals surface area (Å²) in [7, 11) is 0. The molecule has 1 unspecified atom stereocenters. The van der Waals surface area contributed by atoms with Gasteiger partial charge in [-0.1, -0.05) is 19.1 Å². The lowest BCUT2D eigenvalue weighted by molar-refractivity contribution is -0.152. The topological polar surface area (TPSA) is 29.3 Å². The van der Waals surface area contributed by atoms with Gasteiger partial charge in [-0.2, -0.15) is 13.2 Å². The van der Waals surface area contributed by atoms with Crippen molar-refractivity contribution < 1.29 is 13.2 Å². The van der Waals surface area contributed by atoms with Crippen LogP contribution in [-0.4, -0.2) is 34.7 Å². The molecule has 0 aromatic heterocycles. The van der Waals surface area contributed by atoms with Crippen LogP contribution in [-0.2, 0) is 0 Å². The second-order valence-electron chi connectivity index (χ2n) is 3.71. The molecule has 0 aromatic carbocycles. The molecule has 2 nitrogen and oxygen atoms in total. The molecule has 0 saturated carbocycles. The van der Waals surface area contributed by atoms with Crippen LogP contribution in [0.5, 0.6) is 0 Å². The monoisotopic (exact) mass is 242 g/mol. The molecule has 0 heterocycles. The van der Waals surface area contributed by atoms with E-state index in [0.29, 0.717) is 6.42 Å². The van der Waals surface area contributed by atoms with Crippen molar-refractivity contribution in [2.45, 2.75) is 45.5 Å². The van der Waals surface area contributed by atoms with Crippen molar-refractivity contribution in [1.82, 2.24) is 4.90 Å². The van der Waals surface area contributed by atoms with Crippen molar-refractivity contribution >= 4 is 17.2 Å². The number of hydrogen-bond acceptors (Lipinski definition) is 2. The zero-order valence-corrected chi connectivity index (χ0v) is 9.95. The molecule has 0 radical (unpaired) electrons. The fraction of sp³-hybridized carbons (Fsp3) is 0.889. The van der Waals surface area contributed by atoms with E-state index in [-0.39, 0.29) is 11.0 Å². The first-order valence-electron chi connectivity index (χ1n) is 4.80. The number of halogens is 3. The van der Waals surface area contributed by atoms with Crippen molar-refractivity contribution in [3.05, 3.63) is 0 Å². The smallest absolute Gasteiger partial charge is 0.392 e. The van der Waals surface area contributed by atoms with Gasteiger partial charge in [0.1, 0.15) is 0 Å². The summed E-state index contributed by atoms with van der Waals surface area (Å²) in [5.74, 6) is 0. The van der Waals surface area contributed by atoms with Crippen LogP contribution in [0.15, 0.2) is 0 Å². The summed E-state index contributed by atoms with van der Waals surface area (Å²) >= 11 is 4.77. The third-order valence-electron chi connectivity index (χ3n) is 2.14. The standard InChI is InChI=1S/C9H17F3N2S/c1-4-7(8(13)15)14(6(2)3)5-9(10,11)12/h6-7H,4-5H2,1-3H3,(H2,13,15). The Balaban J connectivity index is 4.71. The second kappa shape index (κ2) is 5.65. The van der Waals surface area contributed by atoms with Crippen LogP contribution >= 0.6 is 12.2 Å². The van der Waals surface area contributed by atoms with Crippen LogP contribution in [0.2, 0.25) is 0 Å². The minimum atomic E-state index is -4.22. The maximum absolute atomic E-state index is 12.3. The lowest BCUT2D eigenvalue weighted by Crippen LogP contribution is -2.50. The van der Waals surface area contributed by atoms with Crippen molar-refractivity contribution in [3.63, 3.8) is 0 Å². The molecule has 0 bridgehead atoms. The highest BCUT2D eigenvalue weighted by Gasteiger charge is 2.35. The highest BCUT2D eigenvalue weighted by Crippen LogP contribution is 2.21. The highest BCUT2D eigenvalue weighted by atomic mass is 32.1. The van der Waals surface area contributed by atoms with Gasteiger partial charge in [-0.25, -0.2) is 0 Å². The Bertz CT molecular complexity index is 216. The maximum Gasteiger partial charge on any atom is 0.401 e. The van der Waals surface area contributed by atoms with Crippen molar-refractivity contribution in [3.8, 4) is 0 Å². The maximum atomic E-state index is 12.3. The zero-order valence-electron chi connectivity index (χ0n) is 9.14. The van der Waals surface area contributed by atoms with Crippen LogP contribution in [0.4, 0.5) is 13.2 Å². The Morgan fingerprint density at radius 2 is 1.87 bits per heavy atom. The first-order valence-corrected chi connectivity index (χ1v) is 5.21. The minimum Gasteiger partial charge on any atom is -0.392 e. The molecule has 2 N–H and O–H groups in total. The number of nitrogens with two attached hydrogens (primary N) is 1. The fourth-order valence-corrected chi connectivity index (χ4v) is 1.76. The van der Waals surface area contributed by atoms with E-state index in [2.05, 4.69) is 0 Å². The zero-order chi connectivity index (χ0) is 12.2. The molecule has 0 amide bonds. The molecule has 0 spiro atoms. The Kier molecular flexibility index (Phi) is 5.51. The van der Waals surface area contributed by atoms with Gasteiger partial charge >= 0.3 is 6.18 Å². The van der Waals surface area contributed by atoms with E-state index >= 15 is 0 Å². The Labute approximate surface area is 93.6 Å². The van der Waals surface area contributed by atoms with E-state index < -0.39 is 18.8 Å². The summed E-state index contributed by atoms with van der Waals surface area (Å²) in [6.45, 7) is 4.20. The van der Waals surface area contributed by atoms with Gasteiger partial charge in [-0.15, -0.1) is 0 Å². The van der Waals surface area contributed by atoms with Gasteiger partial charge in [-0.05, 0) is 20.3 Å². The lowest BCUT2D eigenvalue weighted by atomic mass is 10.1. The van der Waals surface area contributed by atoms with Gasteiger partial charge in [0.05, 0.1) is 17.6 Å². The molecule has 15 heavy (non-hydrogen) atoms. The highest BCUT2D eigenvalue weighted by molar-refractivity contribution is 7.80. The average Bonchev–Trinajstić information content (AvgIpc) is 2.00. The number of hydrogen-bond donors (Lipinski definition) is 1. The van der Waals surface area contributed by atoms with Gasteiger partial charge in [0, 0.05) is 6.04 Å². The van der Waals surface area contributed by atoms with Gasteiger partial charge < -0.3 is 5.73 Å². The summed E-state index contributed by atoms with van der Waals surface area (Å²) in [4.78, 5) is 1.40. The fourth-order valence-electron chi connectivity index (χ4n) is 1.46. The molecule has 90 valence electrons. The number of rotatable bonds is 5. The normalized spacial score (nSPS) is 14.7. The number of nitrogens with zero attached hydrogens (tertiary/aromatic N) is 1. The van der Waals surface area contributed by atoms with Crippen molar-refractivity contribution in [1.29, 1.82) is 0 Å². The van der Waals surface area contributed by atoms with Crippen LogP contribution in [0.1, 0.15) is 27.2 Å². The second-order valence-corrected chi connectivity index (χ2v) is 4.18. The third kappa shape index (κ3) is 5.32. The van der Waals surface area contributed by atoms with Gasteiger partial charge in [-0.3, -0.25) is 4.90 Å². The molecule has 0 aliphatic rings. The summed E-state index contributed by atoms with van der Waals surface area (Å²) in [5.41, 5.74) is 5.43. The molecule has 0 fully saturated rings. The average molecular weight is 242 g/mol. The van der Waals surface area contributed by atoms with E-state index in [9.17, 15) is 13.2 Å². The van der Waals surface area contributed by atoms with E-state index in [1.807, 2.05) is 0 Å². The van der Waals surface area contributed by atoms with E-state index in [1.54, 1.807) is 20.8 Å². The molecule has 0 rings (SSSR count). The Morgan fingerprint density at radius 3 is 2.07 bits per heavy atom. The third-order valence-corrected chi connectivity index (χ3v) is 2.41. The summed E-state index contributed by atoms with van der Waals surface area (Å²) in [6, 6.07) is -0.723. The molecular formula is C9H17F3N2S. The van der Waals surface area contributed by atoms with Gasteiger partial charge in [0.2, 0.25) is 0 Å². The first kappa shape index (κ1) is 14.6. The van der Waals surface area contributed by atoms with Crippen molar-refractivity contribution in [2.75, 3.05) is 6.54 Å². The van der Waals surface area contributed by atoms with Gasteiger partial charge in [0.25, 0.3) is 0 Å². The molecule has 0 aromatic rings. The Hall–Kier alpha value is -0.360. The number of thiocarbonyl (C=S) groups is 1. The molecule has 0 aliphatic carbocycles. The lowest BCUT2D eigenvalue weighted by Gasteiger charge is -2.34. The predicted octanol–water partition coefficient (Wildman–Crippen LogP) is 2.32. The number of alkyl halides is 3. The minimum absolute atomic E-state index is 0.121. The molecule has 6 heteroatoms. The summed E-state index contributed by atoms with van der Waals surface area (Å²) in [5, 5.41) is 0. The molecule has 0 aliphatic heterocycles. The molecule has 0 saturated heterocycles. The van der Waals surface area contributed by atoms with Crippen LogP contribution in [0.25, 0.3) is 0 Å². The predicted molar refractivity (Wildman–Crippen MR) is 58.8 cm³/mol. The van der Waals surface area contributed by atoms with Crippen LogP contribution in [0, 0.1) is 0 Å². The van der Waals surface area contributed by atoms with Crippen LogP contribution in [0.3, 0.4) is 0 Å². The molecular weight excluding hydrogens is 225 g/mol. The summed E-state index contributed by atoms with van der Waals surface area (Å²) < 4.78 is 36.9. The van der Waals surface area contributed by atoms with Crippen LogP contribution < -0.4 is 5.73 Å². The first-order chi connectivity index (χ1) is 6.69. The summed E-state index contributed by atoms with van der Waals surface area (Å²) in [6.07, 6.45) is -3.73. The van der Waals surface area contributed by atoms with E-state index in [4.69, 9.17) is 18.0 Å². The van der Waals surface area contributed by atoms with Crippen molar-refractivity contribution in [2.24, 2.45) is 5.73 Å².